The molecule has 20 heavy (non-hydrogen) atoms. The molecule has 0 aliphatic heterocycles. The number of methoxy groups -OCH3 is 1. The van der Waals surface area contributed by atoms with Crippen molar-refractivity contribution in [3.05, 3.63) is 11.7 Å². The van der Waals surface area contributed by atoms with Crippen LogP contribution in [0.4, 0.5) is 0 Å². The summed E-state index contributed by atoms with van der Waals surface area (Å²) in [6.45, 7) is 4.86. The number of nitrogens with zero attached hydrogens (tertiary/aromatic N) is 2. The van der Waals surface area contributed by atoms with Gasteiger partial charge in [-0.05, 0) is 26.7 Å². The first-order chi connectivity index (χ1) is 9.75. The zero-order valence-electron chi connectivity index (χ0n) is 12.6. The Morgan fingerprint density at radius 3 is 2.35 bits per heavy atom. The molecule has 2 rings (SSSR count). The van der Waals surface area contributed by atoms with E-state index < -0.39 is 11.9 Å². The topological polar surface area (TPSA) is 66.6 Å². The Morgan fingerprint density at radius 2 is 1.80 bits per heavy atom. The van der Waals surface area contributed by atoms with Crippen LogP contribution in [-0.2, 0) is 19.8 Å². The van der Waals surface area contributed by atoms with Gasteiger partial charge < -0.3 is 18.7 Å². The predicted molar refractivity (Wildman–Crippen MR) is 72.1 cm³/mol. The second kappa shape index (κ2) is 7.15. The van der Waals surface area contributed by atoms with Crippen molar-refractivity contribution < 1.29 is 18.7 Å². The fourth-order valence-corrected chi connectivity index (χ4v) is 2.65. The minimum Gasteiger partial charge on any atom is -0.370 e. The normalized spacial score (nSPS) is 18.6. The zero-order chi connectivity index (χ0) is 14.4. The van der Waals surface area contributed by atoms with Gasteiger partial charge in [-0.15, -0.1) is 0 Å². The molecule has 114 valence electrons. The van der Waals surface area contributed by atoms with E-state index in [1.807, 2.05) is 13.8 Å². The van der Waals surface area contributed by atoms with Gasteiger partial charge in [-0.2, -0.15) is 4.98 Å². The summed E-state index contributed by atoms with van der Waals surface area (Å²) in [7, 11) is 1.71. The highest BCUT2D eigenvalue weighted by molar-refractivity contribution is 5.03. The van der Waals surface area contributed by atoms with Crippen LogP contribution >= 0.6 is 0 Å². The summed E-state index contributed by atoms with van der Waals surface area (Å²) in [6.07, 6.45) is 4.74. The fraction of sp³-hybridized carbons (Fsp3) is 0.857. The predicted octanol–water partition coefficient (Wildman–Crippen LogP) is 2.95. The summed E-state index contributed by atoms with van der Waals surface area (Å²) in [5.74, 6) is 0.977. The third-order valence-corrected chi connectivity index (χ3v) is 3.74. The first-order valence-corrected chi connectivity index (χ1v) is 7.38. The Hall–Kier alpha value is -0.980. The molecule has 0 atom stereocenters. The van der Waals surface area contributed by atoms with Crippen molar-refractivity contribution in [2.24, 2.45) is 0 Å². The lowest BCUT2D eigenvalue weighted by Crippen LogP contribution is -2.32. The van der Waals surface area contributed by atoms with Crippen molar-refractivity contribution in [3.8, 4) is 0 Å². The monoisotopic (exact) mass is 284 g/mol. The lowest BCUT2D eigenvalue weighted by Gasteiger charge is -2.32. The molecule has 1 aromatic heterocycles. The van der Waals surface area contributed by atoms with E-state index in [0.29, 0.717) is 24.9 Å². The van der Waals surface area contributed by atoms with Gasteiger partial charge in [0.2, 0.25) is 12.1 Å². The average Bonchev–Trinajstić information content (AvgIpc) is 2.98. The number of ether oxygens (including phenoxy) is 3. The molecule has 0 N–H and O–H groups in total. The maximum absolute atomic E-state index is 5.71. The van der Waals surface area contributed by atoms with E-state index in [2.05, 4.69) is 10.1 Å². The highest BCUT2D eigenvalue weighted by Gasteiger charge is 2.39. The van der Waals surface area contributed by atoms with Crippen LogP contribution in [0.2, 0.25) is 0 Å². The summed E-state index contributed by atoms with van der Waals surface area (Å²) in [6, 6.07) is 0. The number of hydrogen-bond donors (Lipinski definition) is 0. The molecule has 0 spiro atoms. The lowest BCUT2D eigenvalue weighted by atomic mass is 9.84. The van der Waals surface area contributed by atoms with Crippen molar-refractivity contribution in [1.29, 1.82) is 0 Å². The first-order valence-electron chi connectivity index (χ1n) is 7.38. The van der Waals surface area contributed by atoms with Crippen LogP contribution in [0.5, 0.6) is 0 Å². The summed E-state index contributed by atoms with van der Waals surface area (Å²) < 4.78 is 22.0. The molecule has 1 fully saturated rings. The molecule has 0 bridgehead atoms. The molecule has 1 aliphatic rings. The van der Waals surface area contributed by atoms with Crippen LogP contribution in [0.15, 0.2) is 4.52 Å². The van der Waals surface area contributed by atoms with E-state index in [1.165, 1.54) is 6.42 Å². The molecule has 0 unspecified atom stereocenters. The van der Waals surface area contributed by atoms with Crippen LogP contribution < -0.4 is 0 Å². The van der Waals surface area contributed by atoms with Crippen molar-refractivity contribution in [3.63, 3.8) is 0 Å². The van der Waals surface area contributed by atoms with E-state index >= 15 is 0 Å². The minimum atomic E-state index is -0.594. The van der Waals surface area contributed by atoms with Crippen LogP contribution in [0.1, 0.15) is 64.0 Å². The average molecular weight is 284 g/mol. The first kappa shape index (κ1) is 15.4. The van der Waals surface area contributed by atoms with Gasteiger partial charge in [0, 0.05) is 20.3 Å². The van der Waals surface area contributed by atoms with Crippen LogP contribution in [0.3, 0.4) is 0 Å². The molecule has 0 aromatic carbocycles. The molecule has 1 aromatic rings. The van der Waals surface area contributed by atoms with E-state index in [4.69, 9.17) is 18.7 Å². The van der Waals surface area contributed by atoms with Gasteiger partial charge in [-0.1, -0.05) is 24.4 Å². The van der Waals surface area contributed by atoms with Crippen molar-refractivity contribution in [2.45, 2.75) is 57.8 Å². The highest BCUT2D eigenvalue weighted by Crippen LogP contribution is 2.38. The summed E-state index contributed by atoms with van der Waals surface area (Å²) in [4.78, 5) is 4.46. The number of aromatic nitrogens is 2. The summed E-state index contributed by atoms with van der Waals surface area (Å²) >= 11 is 0. The standard InChI is InChI=1S/C14H24N2O4/c1-4-18-12(19-5-2)11-15-13(16-20-11)14(17-3)9-7-6-8-10-14/h12H,4-10H2,1-3H3. The van der Waals surface area contributed by atoms with Crippen LogP contribution in [-0.4, -0.2) is 30.5 Å². The molecule has 1 saturated carbocycles. The Balaban J connectivity index is 2.17. The van der Waals surface area contributed by atoms with Crippen molar-refractivity contribution >= 4 is 0 Å². The smallest absolute Gasteiger partial charge is 0.283 e. The van der Waals surface area contributed by atoms with E-state index in [0.717, 1.165) is 25.7 Å². The molecule has 0 saturated heterocycles. The minimum absolute atomic E-state index is 0.366. The van der Waals surface area contributed by atoms with Crippen molar-refractivity contribution in [2.75, 3.05) is 20.3 Å². The van der Waals surface area contributed by atoms with Crippen LogP contribution in [0.25, 0.3) is 0 Å². The van der Waals surface area contributed by atoms with Gasteiger partial charge in [0.25, 0.3) is 5.89 Å². The third kappa shape index (κ3) is 3.19. The van der Waals surface area contributed by atoms with Crippen LogP contribution in [0, 0.1) is 0 Å². The Bertz CT molecular complexity index is 396. The van der Waals surface area contributed by atoms with E-state index in [9.17, 15) is 0 Å². The molecular weight excluding hydrogens is 260 g/mol. The van der Waals surface area contributed by atoms with Crippen molar-refractivity contribution in [1.82, 2.24) is 10.1 Å². The van der Waals surface area contributed by atoms with Gasteiger partial charge in [-0.3, -0.25) is 0 Å². The van der Waals surface area contributed by atoms with Gasteiger partial charge >= 0.3 is 0 Å². The summed E-state index contributed by atoms with van der Waals surface area (Å²) in [5, 5.41) is 4.10. The third-order valence-electron chi connectivity index (χ3n) is 3.74. The second-order valence-electron chi connectivity index (χ2n) is 4.96. The molecular formula is C14H24N2O4. The molecule has 6 heteroatoms. The highest BCUT2D eigenvalue weighted by atomic mass is 16.7. The second-order valence-corrected chi connectivity index (χ2v) is 4.96. The molecule has 0 radical (unpaired) electrons. The molecule has 0 amide bonds. The Kier molecular flexibility index (Phi) is 5.51. The number of rotatable bonds is 7. The molecule has 6 nitrogen and oxygen atoms in total. The maximum atomic E-state index is 5.71. The Labute approximate surface area is 119 Å². The maximum Gasteiger partial charge on any atom is 0.283 e. The lowest BCUT2D eigenvalue weighted by molar-refractivity contribution is -0.155. The van der Waals surface area contributed by atoms with E-state index in [1.54, 1.807) is 7.11 Å². The Morgan fingerprint density at radius 1 is 1.15 bits per heavy atom. The zero-order valence-corrected chi connectivity index (χ0v) is 12.6. The van der Waals surface area contributed by atoms with Gasteiger partial charge in [0.05, 0.1) is 0 Å². The van der Waals surface area contributed by atoms with E-state index in [-0.39, 0.29) is 0 Å². The van der Waals surface area contributed by atoms with Gasteiger partial charge in [0.15, 0.2) is 0 Å². The number of hydrogen-bond acceptors (Lipinski definition) is 6. The quantitative estimate of drug-likeness (QED) is 0.717. The largest absolute Gasteiger partial charge is 0.370 e. The molecule has 1 aliphatic carbocycles. The van der Waals surface area contributed by atoms with Gasteiger partial charge in [-0.25, -0.2) is 0 Å². The fourth-order valence-electron chi connectivity index (χ4n) is 2.65. The summed E-state index contributed by atoms with van der Waals surface area (Å²) in [5.41, 5.74) is -0.414. The SMILES string of the molecule is CCOC(OCC)c1nc(C2(OC)CCCCC2)no1. The molecule has 1 heterocycles. The van der Waals surface area contributed by atoms with Gasteiger partial charge in [0.1, 0.15) is 5.60 Å².